The van der Waals surface area contributed by atoms with E-state index >= 15 is 0 Å². The number of benzene rings is 1. The molecule has 2 nitrogen and oxygen atoms in total. The summed E-state index contributed by atoms with van der Waals surface area (Å²) in [5.41, 5.74) is 2.11. The fourth-order valence-corrected chi connectivity index (χ4v) is 1.41. The first-order valence-corrected chi connectivity index (χ1v) is 5.26. The molecule has 0 saturated carbocycles. The maximum absolute atomic E-state index is 5.56. The van der Waals surface area contributed by atoms with Gasteiger partial charge in [-0.2, -0.15) is 5.10 Å². The number of halogens is 1. The minimum atomic E-state index is 0.524. The van der Waals surface area contributed by atoms with Crippen LogP contribution >= 0.6 is 11.6 Å². The molecule has 2 aromatic rings. The van der Waals surface area contributed by atoms with E-state index in [9.17, 15) is 0 Å². The van der Waals surface area contributed by atoms with E-state index in [-0.39, 0.29) is 0 Å². The third-order valence-electron chi connectivity index (χ3n) is 2.02. The first-order chi connectivity index (χ1) is 7.40. The van der Waals surface area contributed by atoms with Crippen LogP contribution < -0.4 is 0 Å². The van der Waals surface area contributed by atoms with Crippen LogP contribution in [0, 0.1) is 0 Å². The first-order valence-electron chi connectivity index (χ1n) is 4.73. The molecular weight excluding hydrogens is 208 g/mol. The molecule has 0 bridgehead atoms. The number of alkyl halides is 1. The van der Waals surface area contributed by atoms with Gasteiger partial charge in [0, 0.05) is 17.6 Å². The van der Waals surface area contributed by atoms with Crippen LogP contribution in [-0.2, 0) is 0 Å². The average molecular weight is 219 g/mol. The number of aromatic nitrogens is 2. The Bertz CT molecular complexity index is 446. The Balaban J connectivity index is 2.24. The quantitative estimate of drug-likeness (QED) is 0.724. The van der Waals surface area contributed by atoms with Crippen molar-refractivity contribution in [3.8, 4) is 5.69 Å². The number of nitrogens with zero attached hydrogens (tertiary/aromatic N) is 2. The molecule has 15 heavy (non-hydrogen) atoms. The third-order valence-corrected chi connectivity index (χ3v) is 2.20. The summed E-state index contributed by atoms with van der Waals surface area (Å²) in [6, 6.07) is 10.0. The Morgan fingerprint density at radius 2 is 2.07 bits per heavy atom. The van der Waals surface area contributed by atoms with Gasteiger partial charge in [0.2, 0.25) is 0 Å². The predicted molar refractivity (Wildman–Crippen MR) is 63.3 cm³/mol. The van der Waals surface area contributed by atoms with E-state index in [0.29, 0.717) is 5.88 Å². The molecule has 0 aliphatic rings. The number of hydrogen-bond acceptors (Lipinski definition) is 1. The van der Waals surface area contributed by atoms with Gasteiger partial charge < -0.3 is 0 Å². The van der Waals surface area contributed by atoms with Crippen molar-refractivity contribution in [2.45, 2.75) is 0 Å². The fourth-order valence-electron chi connectivity index (χ4n) is 1.33. The molecule has 1 aromatic heterocycles. The second kappa shape index (κ2) is 4.80. The van der Waals surface area contributed by atoms with E-state index in [1.807, 2.05) is 59.6 Å². The fraction of sp³-hybridized carbons (Fsp3) is 0.0833. The normalized spacial score (nSPS) is 11.0. The Hall–Kier alpha value is -1.54. The van der Waals surface area contributed by atoms with Crippen LogP contribution in [0.5, 0.6) is 0 Å². The van der Waals surface area contributed by atoms with Crippen molar-refractivity contribution in [2.75, 3.05) is 5.88 Å². The highest BCUT2D eigenvalue weighted by molar-refractivity contribution is 6.19. The van der Waals surface area contributed by atoms with E-state index in [1.54, 1.807) is 0 Å². The van der Waals surface area contributed by atoms with E-state index in [1.165, 1.54) is 0 Å². The monoisotopic (exact) mass is 218 g/mol. The summed E-state index contributed by atoms with van der Waals surface area (Å²) in [4.78, 5) is 0. The third kappa shape index (κ3) is 2.48. The molecule has 0 unspecified atom stereocenters. The molecule has 0 N–H and O–H groups in total. The molecule has 1 heterocycles. The smallest absolute Gasteiger partial charge is 0.0645 e. The maximum atomic E-state index is 5.56. The van der Waals surface area contributed by atoms with Gasteiger partial charge in [0.1, 0.15) is 0 Å². The summed E-state index contributed by atoms with van der Waals surface area (Å²) in [5.74, 6) is 0.524. The van der Waals surface area contributed by atoms with Crippen molar-refractivity contribution in [3.63, 3.8) is 0 Å². The van der Waals surface area contributed by atoms with Gasteiger partial charge >= 0.3 is 0 Å². The summed E-state index contributed by atoms with van der Waals surface area (Å²) < 4.78 is 1.84. The number of hydrogen-bond donors (Lipinski definition) is 0. The molecule has 76 valence electrons. The summed E-state index contributed by atoms with van der Waals surface area (Å²) in [7, 11) is 0. The zero-order valence-corrected chi connectivity index (χ0v) is 8.93. The lowest BCUT2D eigenvalue weighted by molar-refractivity contribution is 0.880. The van der Waals surface area contributed by atoms with Crippen molar-refractivity contribution in [1.29, 1.82) is 0 Å². The standard InChI is InChI=1S/C12H11ClN2/c13-8-4-5-11-9-14-15(10-11)12-6-2-1-3-7-12/h1-7,9-10H,8H2/b5-4+. The molecular formula is C12H11ClN2. The van der Waals surface area contributed by atoms with Crippen LogP contribution in [0.15, 0.2) is 48.8 Å². The molecule has 0 fully saturated rings. The SMILES string of the molecule is ClC/C=C/c1cnn(-c2ccccc2)c1. The lowest BCUT2D eigenvalue weighted by Crippen LogP contribution is -1.92. The van der Waals surface area contributed by atoms with E-state index in [2.05, 4.69) is 5.10 Å². The molecule has 0 amide bonds. The van der Waals surface area contributed by atoms with E-state index in [4.69, 9.17) is 11.6 Å². The molecule has 2 rings (SSSR count). The summed E-state index contributed by atoms with van der Waals surface area (Å²) in [6.07, 6.45) is 7.64. The second-order valence-corrected chi connectivity index (χ2v) is 3.42. The van der Waals surface area contributed by atoms with E-state index in [0.717, 1.165) is 11.3 Å². The molecule has 0 aliphatic heterocycles. The lowest BCUT2D eigenvalue weighted by atomic mass is 10.3. The molecule has 3 heteroatoms. The number of rotatable bonds is 3. The van der Waals surface area contributed by atoms with Crippen LogP contribution in [-0.4, -0.2) is 15.7 Å². The predicted octanol–water partition coefficient (Wildman–Crippen LogP) is 3.12. The molecule has 0 radical (unpaired) electrons. The van der Waals surface area contributed by atoms with Crippen LogP contribution in [0.3, 0.4) is 0 Å². The Labute approximate surface area is 93.8 Å². The molecule has 0 spiro atoms. The lowest BCUT2D eigenvalue weighted by Gasteiger charge is -1.98. The highest BCUT2D eigenvalue weighted by Gasteiger charge is 1.96. The van der Waals surface area contributed by atoms with Crippen molar-refractivity contribution in [3.05, 3.63) is 54.4 Å². The van der Waals surface area contributed by atoms with Gasteiger partial charge in [-0.05, 0) is 12.1 Å². The van der Waals surface area contributed by atoms with E-state index < -0.39 is 0 Å². The molecule has 0 atom stereocenters. The van der Waals surface area contributed by atoms with Gasteiger partial charge in [-0.15, -0.1) is 11.6 Å². The summed E-state index contributed by atoms with van der Waals surface area (Å²) in [5, 5.41) is 4.26. The number of para-hydroxylation sites is 1. The van der Waals surface area contributed by atoms with Crippen LogP contribution in [0.4, 0.5) is 0 Å². The van der Waals surface area contributed by atoms with Gasteiger partial charge in [0.25, 0.3) is 0 Å². The van der Waals surface area contributed by atoms with Crippen LogP contribution in [0.25, 0.3) is 11.8 Å². The minimum absolute atomic E-state index is 0.524. The maximum Gasteiger partial charge on any atom is 0.0645 e. The topological polar surface area (TPSA) is 17.8 Å². The molecule has 0 aliphatic carbocycles. The highest BCUT2D eigenvalue weighted by Crippen LogP contribution is 2.08. The van der Waals surface area contributed by atoms with Crippen molar-refractivity contribution < 1.29 is 0 Å². The van der Waals surface area contributed by atoms with Crippen LogP contribution in [0.2, 0.25) is 0 Å². The Morgan fingerprint density at radius 3 is 2.80 bits per heavy atom. The zero-order valence-electron chi connectivity index (χ0n) is 8.18. The summed E-state index contributed by atoms with van der Waals surface area (Å²) in [6.45, 7) is 0. The van der Waals surface area contributed by atoms with Crippen LogP contribution in [0.1, 0.15) is 5.56 Å². The van der Waals surface area contributed by atoms with Crippen molar-refractivity contribution >= 4 is 17.7 Å². The minimum Gasteiger partial charge on any atom is -0.240 e. The highest BCUT2D eigenvalue weighted by atomic mass is 35.5. The molecule has 1 aromatic carbocycles. The number of allylic oxidation sites excluding steroid dienone is 1. The van der Waals surface area contributed by atoms with Gasteiger partial charge in [-0.1, -0.05) is 30.4 Å². The average Bonchev–Trinajstić information content (AvgIpc) is 2.76. The first kappa shape index (κ1) is 9.99. The van der Waals surface area contributed by atoms with Crippen molar-refractivity contribution in [1.82, 2.24) is 9.78 Å². The second-order valence-electron chi connectivity index (χ2n) is 3.11. The van der Waals surface area contributed by atoms with Gasteiger partial charge in [-0.25, -0.2) is 4.68 Å². The van der Waals surface area contributed by atoms with Gasteiger partial charge in [0.05, 0.1) is 11.9 Å². The van der Waals surface area contributed by atoms with Gasteiger partial charge in [-0.3, -0.25) is 0 Å². The largest absolute Gasteiger partial charge is 0.240 e. The Morgan fingerprint density at radius 1 is 1.27 bits per heavy atom. The molecule has 0 saturated heterocycles. The Kier molecular flexibility index (Phi) is 3.20. The summed E-state index contributed by atoms with van der Waals surface area (Å²) >= 11 is 5.56. The van der Waals surface area contributed by atoms with Crippen molar-refractivity contribution in [2.24, 2.45) is 0 Å². The van der Waals surface area contributed by atoms with Gasteiger partial charge in [0.15, 0.2) is 0 Å². The zero-order chi connectivity index (χ0) is 10.5.